The molecule has 0 saturated heterocycles. The highest BCUT2D eigenvalue weighted by Gasteiger charge is 2.09. The van der Waals surface area contributed by atoms with Crippen molar-refractivity contribution >= 4 is 17.1 Å². The Morgan fingerprint density at radius 2 is 2.33 bits per heavy atom. The molecule has 0 amide bonds. The number of non-ortho nitro benzene ring substituents is 1. The Bertz CT molecular complexity index is 579. The Balaban J connectivity index is 2.11. The summed E-state index contributed by atoms with van der Waals surface area (Å²) in [6.45, 7) is 0.443. The van der Waals surface area contributed by atoms with Gasteiger partial charge in [-0.2, -0.15) is 0 Å². The molecular formula is C10H12N6O2. The number of nitrogens with two attached hydrogens (primary N) is 1. The van der Waals surface area contributed by atoms with Crippen LogP contribution in [0.5, 0.6) is 0 Å². The summed E-state index contributed by atoms with van der Waals surface area (Å²) in [7, 11) is 1.83. The first-order valence-electron chi connectivity index (χ1n) is 5.18. The van der Waals surface area contributed by atoms with Crippen LogP contribution in [-0.2, 0) is 13.6 Å². The van der Waals surface area contributed by atoms with E-state index in [9.17, 15) is 10.1 Å². The molecule has 0 fully saturated rings. The van der Waals surface area contributed by atoms with Gasteiger partial charge in [0.05, 0.1) is 22.8 Å². The summed E-state index contributed by atoms with van der Waals surface area (Å²) in [6, 6.07) is 4.29. The van der Waals surface area contributed by atoms with Gasteiger partial charge in [0.1, 0.15) is 6.33 Å². The number of hydrogen-bond donors (Lipinski definition) is 2. The summed E-state index contributed by atoms with van der Waals surface area (Å²) >= 11 is 0. The third kappa shape index (κ3) is 2.37. The highest BCUT2D eigenvalue weighted by Crippen LogP contribution is 2.24. The molecule has 0 aliphatic carbocycles. The van der Waals surface area contributed by atoms with Crippen molar-refractivity contribution in [3.63, 3.8) is 0 Å². The molecule has 0 saturated carbocycles. The van der Waals surface area contributed by atoms with Gasteiger partial charge in [-0.25, -0.2) is 0 Å². The third-order valence-corrected chi connectivity index (χ3v) is 2.49. The van der Waals surface area contributed by atoms with Crippen LogP contribution in [0.2, 0.25) is 0 Å². The van der Waals surface area contributed by atoms with Crippen molar-refractivity contribution in [3.05, 3.63) is 40.5 Å². The minimum absolute atomic E-state index is 0.0308. The lowest BCUT2D eigenvalue weighted by Gasteiger charge is -2.08. The number of rotatable bonds is 4. The maximum absolute atomic E-state index is 10.6. The monoisotopic (exact) mass is 248 g/mol. The smallest absolute Gasteiger partial charge is 0.271 e. The second-order valence-corrected chi connectivity index (χ2v) is 3.74. The maximum Gasteiger partial charge on any atom is 0.271 e. The average molecular weight is 248 g/mol. The molecule has 18 heavy (non-hydrogen) atoms. The first-order chi connectivity index (χ1) is 8.58. The molecule has 0 bridgehead atoms. The number of nitrogens with zero attached hydrogens (tertiary/aromatic N) is 4. The quantitative estimate of drug-likeness (QED) is 0.472. The molecule has 0 atom stereocenters. The molecule has 2 aromatic rings. The molecule has 8 nitrogen and oxygen atoms in total. The summed E-state index contributed by atoms with van der Waals surface area (Å²) in [5.41, 5.74) is 6.65. The number of aryl methyl sites for hydroxylation is 1. The van der Waals surface area contributed by atoms with E-state index in [1.807, 2.05) is 7.05 Å². The fourth-order valence-electron chi connectivity index (χ4n) is 1.47. The number of anilines is 2. The van der Waals surface area contributed by atoms with E-state index in [0.29, 0.717) is 17.9 Å². The van der Waals surface area contributed by atoms with Crippen LogP contribution >= 0.6 is 0 Å². The van der Waals surface area contributed by atoms with Crippen LogP contribution in [0.1, 0.15) is 5.82 Å². The molecule has 3 N–H and O–H groups in total. The van der Waals surface area contributed by atoms with Gasteiger partial charge >= 0.3 is 0 Å². The minimum atomic E-state index is -0.483. The van der Waals surface area contributed by atoms with E-state index in [4.69, 9.17) is 5.73 Å². The molecule has 94 valence electrons. The largest absolute Gasteiger partial charge is 0.397 e. The van der Waals surface area contributed by atoms with E-state index in [1.165, 1.54) is 12.1 Å². The number of hydrogen-bond acceptors (Lipinski definition) is 6. The fourth-order valence-corrected chi connectivity index (χ4v) is 1.47. The Morgan fingerprint density at radius 3 is 2.89 bits per heavy atom. The number of nitro benzene ring substituents is 1. The summed E-state index contributed by atoms with van der Waals surface area (Å²) in [5.74, 6) is 0.743. The topological polar surface area (TPSA) is 112 Å². The van der Waals surface area contributed by atoms with Crippen LogP contribution in [0.3, 0.4) is 0 Å². The van der Waals surface area contributed by atoms with E-state index < -0.39 is 4.92 Å². The Hall–Kier alpha value is -2.64. The molecule has 0 aliphatic heterocycles. The van der Waals surface area contributed by atoms with Gasteiger partial charge in [-0.3, -0.25) is 10.1 Å². The second kappa shape index (κ2) is 4.70. The Labute approximate surface area is 103 Å². The van der Waals surface area contributed by atoms with Gasteiger partial charge in [0.2, 0.25) is 0 Å². The number of nitrogen functional groups attached to an aromatic ring is 1. The fraction of sp³-hybridized carbons (Fsp3) is 0.200. The Morgan fingerprint density at radius 1 is 1.56 bits per heavy atom. The lowest BCUT2D eigenvalue weighted by Crippen LogP contribution is -2.07. The van der Waals surface area contributed by atoms with Gasteiger partial charge in [0.15, 0.2) is 5.82 Å². The number of nitro groups is 1. The summed E-state index contributed by atoms with van der Waals surface area (Å²) < 4.78 is 1.77. The third-order valence-electron chi connectivity index (χ3n) is 2.49. The highest BCUT2D eigenvalue weighted by atomic mass is 16.6. The van der Waals surface area contributed by atoms with Crippen molar-refractivity contribution in [1.29, 1.82) is 0 Å². The maximum atomic E-state index is 10.6. The van der Waals surface area contributed by atoms with Crippen LogP contribution < -0.4 is 11.1 Å². The van der Waals surface area contributed by atoms with Gasteiger partial charge in [-0.15, -0.1) is 10.2 Å². The normalized spacial score (nSPS) is 10.3. The predicted octanol–water partition coefficient (Wildman–Crippen LogP) is 0.918. The first-order valence-corrected chi connectivity index (χ1v) is 5.18. The Kier molecular flexibility index (Phi) is 3.09. The van der Waals surface area contributed by atoms with Crippen LogP contribution in [0.25, 0.3) is 0 Å². The van der Waals surface area contributed by atoms with E-state index in [-0.39, 0.29) is 5.69 Å². The van der Waals surface area contributed by atoms with Gasteiger partial charge in [0, 0.05) is 19.2 Å². The minimum Gasteiger partial charge on any atom is -0.397 e. The molecule has 0 spiro atoms. The van der Waals surface area contributed by atoms with Crippen molar-refractivity contribution < 1.29 is 4.92 Å². The van der Waals surface area contributed by atoms with Crippen LogP contribution in [0, 0.1) is 10.1 Å². The zero-order valence-electron chi connectivity index (χ0n) is 9.70. The number of aromatic nitrogens is 3. The van der Waals surface area contributed by atoms with Crippen molar-refractivity contribution in [1.82, 2.24) is 14.8 Å². The van der Waals surface area contributed by atoms with E-state index in [2.05, 4.69) is 15.5 Å². The van der Waals surface area contributed by atoms with Crippen LogP contribution in [0.4, 0.5) is 17.1 Å². The lowest BCUT2D eigenvalue weighted by molar-refractivity contribution is -0.384. The molecule has 8 heteroatoms. The number of nitrogens with one attached hydrogen (secondary N) is 1. The van der Waals surface area contributed by atoms with Gasteiger partial charge in [0.25, 0.3) is 5.69 Å². The molecular weight excluding hydrogens is 236 g/mol. The zero-order chi connectivity index (χ0) is 13.1. The average Bonchev–Trinajstić information content (AvgIpc) is 2.73. The van der Waals surface area contributed by atoms with Gasteiger partial charge in [-0.1, -0.05) is 0 Å². The van der Waals surface area contributed by atoms with Gasteiger partial charge < -0.3 is 15.6 Å². The van der Waals surface area contributed by atoms with Crippen molar-refractivity contribution in [3.8, 4) is 0 Å². The standard InChI is InChI=1S/C10H12N6O2/c1-15-6-13-14-10(15)5-12-9-3-2-7(16(17)18)4-8(9)11/h2-4,6,12H,5,11H2,1H3. The highest BCUT2D eigenvalue weighted by molar-refractivity contribution is 5.69. The van der Waals surface area contributed by atoms with Crippen LogP contribution in [0.15, 0.2) is 24.5 Å². The van der Waals surface area contributed by atoms with Crippen molar-refractivity contribution in [2.45, 2.75) is 6.54 Å². The lowest BCUT2D eigenvalue weighted by atomic mass is 10.2. The summed E-state index contributed by atoms with van der Waals surface area (Å²) in [4.78, 5) is 10.1. The van der Waals surface area contributed by atoms with Crippen molar-refractivity contribution in [2.75, 3.05) is 11.1 Å². The number of benzene rings is 1. The first kappa shape index (κ1) is 11.8. The van der Waals surface area contributed by atoms with E-state index >= 15 is 0 Å². The molecule has 1 aromatic heterocycles. The summed E-state index contributed by atoms with van der Waals surface area (Å²) in [5, 5.41) is 21.3. The summed E-state index contributed by atoms with van der Waals surface area (Å²) in [6.07, 6.45) is 1.59. The van der Waals surface area contributed by atoms with Crippen molar-refractivity contribution in [2.24, 2.45) is 7.05 Å². The van der Waals surface area contributed by atoms with Crippen LogP contribution in [-0.4, -0.2) is 19.7 Å². The van der Waals surface area contributed by atoms with E-state index in [1.54, 1.807) is 17.0 Å². The molecule has 1 heterocycles. The predicted molar refractivity (Wildman–Crippen MR) is 65.8 cm³/mol. The van der Waals surface area contributed by atoms with Gasteiger partial charge in [-0.05, 0) is 6.07 Å². The molecule has 1 aromatic carbocycles. The molecule has 0 radical (unpaired) electrons. The SMILES string of the molecule is Cn1cnnc1CNc1ccc([N+](=O)[O-])cc1N. The zero-order valence-corrected chi connectivity index (χ0v) is 9.70. The molecule has 0 aliphatic rings. The molecule has 2 rings (SSSR count). The molecule has 0 unspecified atom stereocenters. The second-order valence-electron chi connectivity index (χ2n) is 3.74. The van der Waals surface area contributed by atoms with E-state index in [0.717, 1.165) is 5.82 Å².